The molecule has 0 radical (unpaired) electrons. The van der Waals surface area contributed by atoms with Crippen LogP contribution in [-0.4, -0.2) is 12.5 Å². The summed E-state index contributed by atoms with van der Waals surface area (Å²) in [6.07, 6.45) is 1.61. The van der Waals surface area contributed by atoms with Gasteiger partial charge in [0, 0.05) is 17.1 Å². The van der Waals surface area contributed by atoms with Crippen molar-refractivity contribution < 1.29 is 9.21 Å². The van der Waals surface area contributed by atoms with Crippen LogP contribution < -0.4 is 5.32 Å². The molecule has 0 fully saturated rings. The molecule has 0 aliphatic carbocycles. The molecule has 0 unspecified atom stereocenters. The number of hydrogen-bond acceptors (Lipinski definition) is 2. The highest BCUT2D eigenvalue weighted by molar-refractivity contribution is 6.35. The van der Waals surface area contributed by atoms with Gasteiger partial charge < -0.3 is 9.73 Å². The highest BCUT2D eigenvalue weighted by atomic mass is 35.5. The van der Waals surface area contributed by atoms with Gasteiger partial charge in [-0.05, 0) is 31.2 Å². The fourth-order valence-corrected chi connectivity index (χ4v) is 2.17. The molecule has 0 aliphatic heterocycles. The minimum absolute atomic E-state index is 0.212. The van der Waals surface area contributed by atoms with Crippen molar-refractivity contribution in [1.82, 2.24) is 5.32 Å². The first kappa shape index (κ1) is 14.7. The second-order valence-corrected chi connectivity index (χ2v) is 5.05. The molecule has 2 rings (SSSR count). The number of furan rings is 1. The SMILES string of the molecule is C=CCNC(=O)c1cc(-c2cc(Cl)ccc2Cl)oc1C. The molecule has 1 amide bonds. The van der Waals surface area contributed by atoms with Crippen LogP contribution >= 0.6 is 23.2 Å². The number of rotatable bonds is 4. The van der Waals surface area contributed by atoms with Crippen molar-refractivity contribution in [1.29, 1.82) is 0 Å². The van der Waals surface area contributed by atoms with E-state index in [1.165, 1.54) is 0 Å². The Morgan fingerprint density at radius 3 is 2.85 bits per heavy atom. The summed E-state index contributed by atoms with van der Waals surface area (Å²) in [4.78, 5) is 11.9. The smallest absolute Gasteiger partial charge is 0.255 e. The van der Waals surface area contributed by atoms with E-state index < -0.39 is 0 Å². The van der Waals surface area contributed by atoms with Gasteiger partial charge in [0.25, 0.3) is 5.91 Å². The van der Waals surface area contributed by atoms with Crippen molar-refractivity contribution in [3.05, 3.63) is 58.3 Å². The molecule has 0 saturated heterocycles. The van der Waals surface area contributed by atoms with Crippen LogP contribution in [0.2, 0.25) is 10.0 Å². The number of halogens is 2. The highest BCUT2D eigenvalue weighted by Gasteiger charge is 2.17. The molecule has 0 saturated carbocycles. The summed E-state index contributed by atoms with van der Waals surface area (Å²) in [5.41, 5.74) is 1.13. The fourth-order valence-electron chi connectivity index (χ4n) is 1.79. The Morgan fingerprint density at radius 1 is 1.40 bits per heavy atom. The third-order valence-electron chi connectivity index (χ3n) is 2.76. The summed E-state index contributed by atoms with van der Waals surface area (Å²) in [6, 6.07) is 6.74. The molecule has 1 N–H and O–H groups in total. The Balaban J connectivity index is 2.38. The van der Waals surface area contributed by atoms with Crippen LogP contribution in [0.25, 0.3) is 11.3 Å². The Bertz CT molecular complexity index is 662. The minimum Gasteiger partial charge on any atom is -0.460 e. The highest BCUT2D eigenvalue weighted by Crippen LogP contribution is 2.33. The van der Waals surface area contributed by atoms with Gasteiger partial charge >= 0.3 is 0 Å². The normalized spacial score (nSPS) is 10.3. The maximum Gasteiger partial charge on any atom is 0.255 e. The van der Waals surface area contributed by atoms with E-state index in [4.69, 9.17) is 27.6 Å². The summed E-state index contributed by atoms with van der Waals surface area (Å²) < 4.78 is 5.61. The van der Waals surface area contributed by atoms with Gasteiger partial charge in [0.1, 0.15) is 11.5 Å². The van der Waals surface area contributed by atoms with Crippen molar-refractivity contribution in [3.8, 4) is 11.3 Å². The fraction of sp³-hybridized carbons (Fsp3) is 0.133. The zero-order valence-electron chi connectivity index (χ0n) is 10.9. The summed E-state index contributed by atoms with van der Waals surface area (Å²) in [7, 11) is 0. The zero-order valence-corrected chi connectivity index (χ0v) is 12.4. The standard InChI is InChI=1S/C15H13Cl2NO2/c1-3-6-18-15(19)11-8-14(20-9(11)2)12-7-10(16)4-5-13(12)17/h3-5,7-8H,1,6H2,2H3,(H,18,19). The first-order valence-corrected chi connectivity index (χ1v) is 6.73. The molecular formula is C15H13Cl2NO2. The number of nitrogens with one attached hydrogen (secondary N) is 1. The topological polar surface area (TPSA) is 42.2 Å². The first-order valence-electron chi connectivity index (χ1n) is 5.98. The molecule has 5 heteroatoms. The van der Waals surface area contributed by atoms with Crippen molar-refractivity contribution in [2.45, 2.75) is 6.92 Å². The van der Waals surface area contributed by atoms with Crippen LogP contribution in [0.3, 0.4) is 0 Å². The molecule has 0 aliphatic rings. The van der Waals surface area contributed by atoms with Gasteiger partial charge in [0.2, 0.25) is 0 Å². The lowest BCUT2D eigenvalue weighted by Gasteiger charge is -2.00. The van der Waals surface area contributed by atoms with Gasteiger partial charge in [0.15, 0.2) is 0 Å². The van der Waals surface area contributed by atoms with Crippen molar-refractivity contribution in [2.75, 3.05) is 6.54 Å². The number of carbonyl (C=O) groups excluding carboxylic acids is 1. The predicted octanol–water partition coefficient (Wildman–Crippen LogP) is 4.48. The van der Waals surface area contributed by atoms with Gasteiger partial charge in [-0.1, -0.05) is 29.3 Å². The molecule has 20 heavy (non-hydrogen) atoms. The van der Waals surface area contributed by atoms with Crippen LogP contribution in [-0.2, 0) is 0 Å². The van der Waals surface area contributed by atoms with E-state index in [0.29, 0.717) is 39.2 Å². The summed E-state index contributed by atoms with van der Waals surface area (Å²) in [5.74, 6) is 0.826. The van der Waals surface area contributed by atoms with Gasteiger partial charge in [-0.2, -0.15) is 0 Å². The Labute approximate surface area is 127 Å². The minimum atomic E-state index is -0.212. The summed E-state index contributed by atoms with van der Waals surface area (Å²) >= 11 is 12.1. The molecule has 1 aromatic heterocycles. The van der Waals surface area contributed by atoms with Crippen LogP contribution in [0, 0.1) is 6.92 Å². The second-order valence-electron chi connectivity index (χ2n) is 4.20. The predicted molar refractivity (Wildman–Crippen MR) is 81.4 cm³/mol. The lowest BCUT2D eigenvalue weighted by Crippen LogP contribution is -2.23. The van der Waals surface area contributed by atoms with Crippen molar-refractivity contribution in [3.63, 3.8) is 0 Å². The number of amides is 1. The first-order chi connectivity index (χ1) is 9.52. The van der Waals surface area contributed by atoms with E-state index in [0.717, 1.165) is 0 Å². The summed E-state index contributed by atoms with van der Waals surface area (Å²) in [5, 5.41) is 3.77. The van der Waals surface area contributed by atoms with Crippen molar-refractivity contribution in [2.24, 2.45) is 0 Å². The monoisotopic (exact) mass is 309 g/mol. The van der Waals surface area contributed by atoms with E-state index in [9.17, 15) is 4.79 Å². The molecule has 3 nitrogen and oxygen atoms in total. The van der Waals surface area contributed by atoms with Crippen LogP contribution in [0.5, 0.6) is 0 Å². The van der Waals surface area contributed by atoms with Crippen LogP contribution in [0.1, 0.15) is 16.1 Å². The van der Waals surface area contributed by atoms with E-state index in [-0.39, 0.29) is 5.91 Å². The van der Waals surface area contributed by atoms with E-state index >= 15 is 0 Å². The third kappa shape index (κ3) is 3.06. The Morgan fingerprint density at radius 2 is 2.15 bits per heavy atom. The average Bonchev–Trinajstić information content (AvgIpc) is 2.80. The van der Waals surface area contributed by atoms with Crippen LogP contribution in [0.15, 0.2) is 41.3 Å². The van der Waals surface area contributed by atoms with Gasteiger partial charge in [-0.15, -0.1) is 6.58 Å². The van der Waals surface area contributed by atoms with Crippen LogP contribution in [0.4, 0.5) is 0 Å². The molecular weight excluding hydrogens is 297 g/mol. The molecule has 0 spiro atoms. The lowest BCUT2D eigenvalue weighted by atomic mass is 10.1. The van der Waals surface area contributed by atoms with Crippen molar-refractivity contribution >= 4 is 29.1 Å². The average molecular weight is 310 g/mol. The molecule has 104 valence electrons. The number of benzene rings is 1. The van der Waals surface area contributed by atoms with Gasteiger partial charge in [0.05, 0.1) is 10.6 Å². The molecule has 1 heterocycles. The molecule has 1 aromatic carbocycles. The van der Waals surface area contributed by atoms with Gasteiger partial charge in [-0.3, -0.25) is 4.79 Å². The zero-order chi connectivity index (χ0) is 14.7. The van der Waals surface area contributed by atoms with E-state index in [1.807, 2.05) is 0 Å². The second kappa shape index (κ2) is 6.16. The quantitative estimate of drug-likeness (QED) is 0.846. The maximum absolute atomic E-state index is 11.9. The third-order valence-corrected chi connectivity index (χ3v) is 3.33. The van der Waals surface area contributed by atoms with Gasteiger partial charge in [-0.25, -0.2) is 0 Å². The number of carbonyl (C=O) groups is 1. The Hall–Kier alpha value is -1.71. The van der Waals surface area contributed by atoms with E-state index in [2.05, 4.69) is 11.9 Å². The maximum atomic E-state index is 11.9. The molecule has 0 atom stereocenters. The van der Waals surface area contributed by atoms with E-state index in [1.54, 1.807) is 37.3 Å². The molecule has 0 bridgehead atoms. The lowest BCUT2D eigenvalue weighted by molar-refractivity contribution is 0.0956. The number of aryl methyl sites for hydroxylation is 1. The Kier molecular flexibility index (Phi) is 4.53. The molecule has 2 aromatic rings. The number of hydrogen-bond donors (Lipinski definition) is 1. The largest absolute Gasteiger partial charge is 0.460 e. The summed E-state index contributed by atoms with van der Waals surface area (Å²) in [6.45, 7) is 5.68.